The average molecular weight is 327 g/mol. The Hall–Kier alpha value is -0.000000000000000111. The van der Waals surface area contributed by atoms with Crippen LogP contribution in [0.2, 0.25) is 5.15 Å². The molecule has 2 heterocycles. The minimum Gasteiger partial charge on any atom is -0.371 e. The molecule has 0 amide bonds. The van der Waals surface area contributed by atoms with E-state index in [1.54, 1.807) is 6.20 Å². The number of rotatable bonds is 0. The van der Waals surface area contributed by atoms with Crippen molar-refractivity contribution < 1.29 is 0 Å². The van der Waals surface area contributed by atoms with Gasteiger partial charge in [0.15, 0.2) is 0 Å². The molecule has 1 aliphatic rings. The minimum atomic E-state index is -0.210. The molecule has 0 saturated heterocycles. The summed E-state index contributed by atoms with van der Waals surface area (Å²) in [6.45, 7) is 0. The summed E-state index contributed by atoms with van der Waals surface area (Å²) >= 11 is 14.0. The summed E-state index contributed by atoms with van der Waals surface area (Å²) in [4.78, 5) is 3.99. The lowest BCUT2D eigenvalue weighted by Crippen LogP contribution is -2.15. The first kappa shape index (κ1) is 9.55. The number of aromatic nitrogens is 1. The fraction of sp³-hybridized carbons (Fsp3) is 0.125. The van der Waals surface area contributed by atoms with Gasteiger partial charge in [-0.15, -0.1) is 0 Å². The minimum absolute atomic E-state index is 0.210. The van der Waals surface area contributed by atoms with Crippen molar-refractivity contribution in [2.45, 2.75) is 5.50 Å². The number of pyridine rings is 1. The van der Waals surface area contributed by atoms with Gasteiger partial charge in [-0.1, -0.05) is 23.2 Å². The second-order valence-corrected chi connectivity index (χ2v) is 4.60. The molecule has 1 atom stereocenters. The molecule has 5 heteroatoms. The number of alkyl halides is 1. The summed E-state index contributed by atoms with van der Waals surface area (Å²) in [7, 11) is 0. The van der Waals surface area contributed by atoms with Crippen molar-refractivity contribution in [1.29, 1.82) is 0 Å². The molecule has 13 heavy (non-hydrogen) atoms. The van der Waals surface area contributed by atoms with Gasteiger partial charge < -0.3 is 5.32 Å². The van der Waals surface area contributed by atoms with Crippen molar-refractivity contribution in [1.82, 2.24) is 10.3 Å². The van der Waals surface area contributed by atoms with Crippen molar-refractivity contribution in [3.05, 3.63) is 34.7 Å². The van der Waals surface area contributed by atoms with Crippen molar-refractivity contribution >= 4 is 49.4 Å². The first-order valence-corrected chi connectivity index (χ1v) is 5.49. The molecule has 0 aromatic carbocycles. The molecule has 2 rings (SSSR count). The van der Waals surface area contributed by atoms with Crippen LogP contribution in [0.5, 0.6) is 0 Å². The molecule has 1 unspecified atom stereocenters. The zero-order chi connectivity index (χ0) is 9.42. The number of nitrogens with one attached hydrogen (secondary N) is 1. The molecular weight excluding hydrogens is 322 g/mol. The Bertz CT molecular complexity index is 378. The number of halogens is 3. The summed E-state index contributed by atoms with van der Waals surface area (Å²) < 4.78 is 1.09. The molecule has 0 radical (unpaired) electrons. The third-order valence-corrected chi connectivity index (χ3v) is 3.25. The van der Waals surface area contributed by atoms with Gasteiger partial charge in [0.2, 0.25) is 0 Å². The second-order valence-electron chi connectivity index (χ2n) is 2.62. The van der Waals surface area contributed by atoms with E-state index in [1.165, 1.54) is 0 Å². The third kappa shape index (κ3) is 1.78. The number of hydrogen-bond acceptors (Lipinski definition) is 2. The third-order valence-electron chi connectivity index (χ3n) is 1.79. The summed E-state index contributed by atoms with van der Waals surface area (Å²) in [6, 6.07) is 1.82. The smallest absolute Gasteiger partial charge is 0.129 e. The monoisotopic (exact) mass is 326 g/mol. The van der Waals surface area contributed by atoms with Crippen LogP contribution in [0, 0.1) is 0 Å². The Kier molecular flexibility index (Phi) is 2.67. The highest BCUT2D eigenvalue weighted by Crippen LogP contribution is 2.34. The van der Waals surface area contributed by atoms with E-state index in [1.807, 2.05) is 12.3 Å². The fourth-order valence-corrected chi connectivity index (χ4v) is 2.20. The first-order chi connectivity index (χ1) is 6.18. The van der Waals surface area contributed by atoms with Gasteiger partial charge in [0.25, 0.3) is 0 Å². The lowest BCUT2D eigenvalue weighted by atomic mass is 10.1. The highest BCUT2D eigenvalue weighted by Gasteiger charge is 2.18. The van der Waals surface area contributed by atoms with E-state index in [9.17, 15) is 0 Å². The van der Waals surface area contributed by atoms with Crippen LogP contribution in [0.3, 0.4) is 0 Å². The van der Waals surface area contributed by atoms with Gasteiger partial charge in [-0.05, 0) is 28.7 Å². The highest BCUT2D eigenvalue weighted by atomic mass is 127. The van der Waals surface area contributed by atoms with E-state index in [0.717, 1.165) is 14.7 Å². The fourth-order valence-electron chi connectivity index (χ4n) is 1.16. The molecular formula is C8H5Cl2IN2. The Balaban J connectivity index is 2.60. The van der Waals surface area contributed by atoms with Gasteiger partial charge in [-0.2, -0.15) is 0 Å². The van der Waals surface area contributed by atoms with E-state index in [0.29, 0.717) is 5.15 Å². The Morgan fingerprint density at radius 1 is 1.54 bits per heavy atom. The van der Waals surface area contributed by atoms with Gasteiger partial charge in [0.05, 0.1) is 0 Å². The van der Waals surface area contributed by atoms with Crippen molar-refractivity contribution in [2.24, 2.45) is 0 Å². The van der Waals surface area contributed by atoms with Crippen LogP contribution in [-0.2, 0) is 0 Å². The predicted molar refractivity (Wildman–Crippen MR) is 63.0 cm³/mol. The number of fused-ring (bicyclic) bond motifs is 1. The van der Waals surface area contributed by atoms with Crippen LogP contribution >= 0.6 is 45.8 Å². The SMILES string of the molecule is Clc1cc2c(cn1)C(Cl)NC=C2I. The predicted octanol–water partition coefficient (Wildman–Crippen LogP) is 3.31. The van der Waals surface area contributed by atoms with Gasteiger partial charge in [0, 0.05) is 27.1 Å². The molecule has 2 nitrogen and oxygen atoms in total. The molecule has 1 aliphatic heterocycles. The van der Waals surface area contributed by atoms with Gasteiger partial charge in [-0.25, -0.2) is 4.98 Å². The van der Waals surface area contributed by atoms with Gasteiger partial charge in [-0.3, -0.25) is 0 Å². The molecule has 1 aromatic rings. The first-order valence-electron chi connectivity index (χ1n) is 3.60. The van der Waals surface area contributed by atoms with Crippen molar-refractivity contribution in [2.75, 3.05) is 0 Å². The Morgan fingerprint density at radius 3 is 3.08 bits per heavy atom. The molecule has 1 aromatic heterocycles. The topological polar surface area (TPSA) is 24.9 Å². The van der Waals surface area contributed by atoms with Crippen LogP contribution in [-0.4, -0.2) is 4.98 Å². The maximum Gasteiger partial charge on any atom is 0.129 e. The van der Waals surface area contributed by atoms with E-state index in [2.05, 4.69) is 32.9 Å². The zero-order valence-electron chi connectivity index (χ0n) is 6.39. The average Bonchev–Trinajstić information content (AvgIpc) is 2.12. The second kappa shape index (κ2) is 3.63. The molecule has 68 valence electrons. The van der Waals surface area contributed by atoms with E-state index < -0.39 is 0 Å². The van der Waals surface area contributed by atoms with Crippen LogP contribution in [0.15, 0.2) is 18.5 Å². The number of nitrogens with zero attached hydrogens (tertiary/aromatic N) is 1. The summed E-state index contributed by atoms with van der Waals surface area (Å²) in [5, 5.41) is 3.51. The lowest BCUT2D eigenvalue weighted by Gasteiger charge is -2.19. The standard InChI is InChI=1S/C8H5Cl2IN2/c9-7-1-4-5(2-12-7)8(10)13-3-6(4)11/h1-3,8,13H. The van der Waals surface area contributed by atoms with Crippen LogP contribution in [0.4, 0.5) is 0 Å². The molecule has 0 spiro atoms. The van der Waals surface area contributed by atoms with Crippen LogP contribution in [0.25, 0.3) is 3.58 Å². The van der Waals surface area contributed by atoms with E-state index >= 15 is 0 Å². The lowest BCUT2D eigenvalue weighted by molar-refractivity contribution is 0.814. The zero-order valence-corrected chi connectivity index (χ0v) is 10.1. The van der Waals surface area contributed by atoms with E-state index in [4.69, 9.17) is 23.2 Å². The maximum atomic E-state index is 6.02. The van der Waals surface area contributed by atoms with Crippen molar-refractivity contribution in [3.63, 3.8) is 0 Å². The van der Waals surface area contributed by atoms with Crippen LogP contribution < -0.4 is 5.32 Å². The highest BCUT2D eigenvalue weighted by molar-refractivity contribution is 14.1. The molecule has 0 fully saturated rings. The normalized spacial score (nSPS) is 20.2. The Morgan fingerprint density at radius 2 is 2.31 bits per heavy atom. The van der Waals surface area contributed by atoms with Crippen molar-refractivity contribution in [3.8, 4) is 0 Å². The summed E-state index contributed by atoms with van der Waals surface area (Å²) in [5.74, 6) is 0. The van der Waals surface area contributed by atoms with Crippen LogP contribution in [0.1, 0.15) is 16.6 Å². The summed E-state index contributed by atoms with van der Waals surface area (Å²) in [5.41, 5.74) is 1.82. The molecule has 0 bridgehead atoms. The quantitative estimate of drug-likeness (QED) is 0.342. The largest absolute Gasteiger partial charge is 0.371 e. The Labute approximate surface area is 99.5 Å². The van der Waals surface area contributed by atoms with Gasteiger partial charge in [0.1, 0.15) is 10.7 Å². The molecule has 0 saturated carbocycles. The summed E-state index contributed by atoms with van der Waals surface area (Å²) in [6.07, 6.45) is 3.57. The molecule has 0 aliphatic carbocycles. The van der Waals surface area contributed by atoms with E-state index in [-0.39, 0.29) is 5.50 Å². The molecule has 1 N–H and O–H groups in total. The van der Waals surface area contributed by atoms with Gasteiger partial charge >= 0.3 is 0 Å². The maximum absolute atomic E-state index is 6.02. The number of hydrogen-bond donors (Lipinski definition) is 1.